The lowest BCUT2D eigenvalue weighted by Gasteiger charge is -2.24. The maximum absolute atomic E-state index is 6.25. The van der Waals surface area contributed by atoms with E-state index in [1.165, 1.54) is 25.9 Å². The summed E-state index contributed by atoms with van der Waals surface area (Å²) in [5.74, 6) is 0. The molecule has 0 aliphatic carbocycles. The molecule has 0 bridgehead atoms. The van der Waals surface area contributed by atoms with Gasteiger partial charge in [-0.05, 0) is 45.0 Å². The Balaban J connectivity index is 1.72. The first-order valence-corrected chi connectivity index (χ1v) is 7.36. The number of nitrogen functional groups attached to an aromatic ring is 1. The normalized spacial score (nSPS) is 17.4. The van der Waals surface area contributed by atoms with Gasteiger partial charge in [0.05, 0.1) is 11.4 Å². The van der Waals surface area contributed by atoms with Gasteiger partial charge >= 0.3 is 0 Å². The number of rotatable bonds is 4. The number of nitrogens with one attached hydrogen (secondary N) is 1. The summed E-state index contributed by atoms with van der Waals surface area (Å²) < 4.78 is 0. The third-order valence-corrected chi connectivity index (χ3v) is 4.21. The van der Waals surface area contributed by atoms with Gasteiger partial charge in [-0.15, -0.1) is 0 Å². The predicted molar refractivity (Wildman–Crippen MR) is 84.9 cm³/mol. The topological polar surface area (TPSA) is 54.2 Å². The Labute approximate surface area is 120 Å². The highest BCUT2D eigenvalue weighted by molar-refractivity contribution is 5.98. The summed E-state index contributed by atoms with van der Waals surface area (Å²) in [5, 5.41) is 5.65. The van der Waals surface area contributed by atoms with Crippen molar-refractivity contribution in [3.8, 4) is 0 Å². The predicted octanol–water partition coefficient (Wildman–Crippen LogP) is 2.71. The monoisotopic (exact) mass is 270 g/mol. The first kappa shape index (κ1) is 13.2. The number of hydrogen-bond acceptors (Lipinski definition) is 4. The first-order chi connectivity index (χ1) is 9.75. The number of hydrogen-bond donors (Lipinski definition) is 2. The maximum Gasteiger partial charge on any atom is 0.0630 e. The summed E-state index contributed by atoms with van der Waals surface area (Å²) in [5.41, 5.74) is 8.10. The molecule has 1 aliphatic heterocycles. The fourth-order valence-corrected chi connectivity index (χ4v) is 2.92. The lowest BCUT2D eigenvalue weighted by atomic mass is 10.1. The maximum atomic E-state index is 6.25. The zero-order valence-corrected chi connectivity index (χ0v) is 12.0. The van der Waals surface area contributed by atoms with Crippen LogP contribution in [0.4, 0.5) is 11.4 Å². The van der Waals surface area contributed by atoms with Crippen molar-refractivity contribution in [2.24, 2.45) is 0 Å². The molecular weight excluding hydrogens is 248 g/mol. The second-order valence-corrected chi connectivity index (χ2v) is 5.60. The molecule has 2 aromatic rings. The van der Waals surface area contributed by atoms with Crippen molar-refractivity contribution in [2.75, 3.05) is 30.7 Å². The lowest BCUT2D eigenvalue weighted by molar-refractivity contribution is 0.269. The van der Waals surface area contributed by atoms with Crippen LogP contribution >= 0.6 is 0 Å². The van der Waals surface area contributed by atoms with Crippen molar-refractivity contribution >= 4 is 22.1 Å². The van der Waals surface area contributed by atoms with Crippen LogP contribution in [-0.2, 0) is 0 Å². The first-order valence-electron chi connectivity index (χ1n) is 7.36. The van der Waals surface area contributed by atoms with Gasteiger partial charge in [-0.1, -0.05) is 6.07 Å². The van der Waals surface area contributed by atoms with Crippen LogP contribution in [0, 0.1) is 0 Å². The van der Waals surface area contributed by atoms with Crippen LogP contribution in [0.2, 0.25) is 0 Å². The van der Waals surface area contributed by atoms with Gasteiger partial charge in [-0.2, -0.15) is 0 Å². The summed E-state index contributed by atoms with van der Waals surface area (Å²) in [7, 11) is 0. The molecule has 1 atom stereocenters. The molecule has 1 aromatic carbocycles. The van der Waals surface area contributed by atoms with Crippen LogP contribution < -0.4 is 11.1 Å². The van der Waals surface area contributed by atoms with E-state index in [-0.39, 0.29) is 0 Å². The molecule has 2 heterocycles. The lowest BCUT2D eigenvalue weighted by Crippen LogP contribution is -2.35. The molecule has 4 nitrogen and oxygen atoms in total. The minimum Gasteiger partial charge on any atom is -0.397 e. The van der Waals surface area contributed by atoms with Crippen LogP contribution in [0.1, 0.15) is 19.8 Å². The Morgan fingerprint density at radius 1 is 1.30 bits per heavy atom. The van der Waals surface area contributed by atoms with Crippen LogP contribution in [0.5, 0.6) is 0 Å². The Kier molecular flexibility index (Phi) is 3.74. The molecule has 0 amide bonds. The van der Waals surface area contributed by atoms with Crippen LogP contribution in [-0.4, -0.2) is 35.6 Å². The summed E-state index contributed by atoms with van der Waals surface area (Å²) in [6.45, 7) is 5.66. The van der Waals surface area contributed by atoms with E-state index in [1.54, 1.807) is 6.20 Å². The smallest absolute Gasteiger partial charge is 0.0630 e. The second kappa shape index (κ2) is 5.67. The zero-order valence-electron chi connectivity index (χ0n) is 12.0. The second-order valence-electron chi connectivity index (χ2n) is 5.60. The number of nitrogens with two attached hydrogens (primary N) is 1. The van der Waals surface area contributed by atoms with E-state index in [1.807, 2.05) is 12.3 Å². The van der Waals surface area contributed by atoms with E-state index >= 15 is 0 Å². The highest BCUT2D eigenvalue weighted by Gasteiger charge is 2.17. The molecule has 1 aromatic heterocycles. The van der Waals surface area contributed by atoms with Gasteiger partial charge in [-0.25, -0.2) is 0 Å². The van der Waals surface area contributed by atoms with Gasteiger partial charge in [-0.3, -0.25) is 9.88 Å². The number of anilines is 2. The summed E-state index contributed by atoms with van der Waals surface area (Å²) in [6, 6.07) is 6.64. The van der Waals surface area contributed by atoms with Crippen molar-refractivity contribution < 1.29 is 0 Å². The van der Waals surface area contributed by atoms with E-state index in [9.17, 15) is 0 Å². The Hall–Kier alpha value is -1.81. The highest BCUT2D eigenvalue weighted by atomic mass is 15.2. The van der Waals surface area contributed by atoms with Gasteiger partial charge in [0, 0.05) is 35.8 Å². The van der Waals surface area contributed by atoms with Crippen LogP contribution in [0.25, 0.3) is 10.8 Å². The Morgan fingerprint density at radius 2 is 2.10 bits per heavy atom. The molecule has 0 radical (unpaired) electrons. The number of pyridine rings is 1. The van der Waals surface area contributed by atoms with Gasteiger partial charge < -0.3 is 11.1 Å². The number of nitrogens with zero attached hydrogens (tertiary/aromatic N) is 2. The van der Waals surface area contributed by atoms with Crippen molar-refractivity contribution in [2.45, 2.75) is 25.8 Å². The van der Waals surface area contributed by atoms with Crippen molar-refractivity contribution in [1.29, 1.82) is 0 Å². The molecule has 1 saturated heterocycles. The minimum absolute atomic E-state index is 0.546. The summed E-state index contributed by atoms with van der Waals surface area (Å²) >= 11 is 0. The van der Waals surface area contributed by atoms with Crippen molar-refractivity contribution in [3.63, 3.8) is 0 Å². The van der Waals surface area contributed by atoms with Gasteiger partial charge in [0.1, 0.15) is 0 Å². The van der Waals surface area contributed by atoms with Crippen molar-refractivity contribution in [3.05, 3.63) is 30.6 Å². The highest BCUT2D eigenvalue weighted by Crippen LogP contribution is 2.28. The molecule has 3 N–H and O–H groups in total. The fraction of sp³-hybridized carbons (Fsp3) is 0.438. The van der Waals surface area contributed by atoms with Crippen molar-refractivity contribution in [1.82, 2.24) is 9.88 Å². The number of aromatic nitrogens is 1. The van der Waals surface area contributed by atoms with E-state index in [0.29, 0.717) is 6.04 Å². The Bertz CT molecular complexity index is 590. The molecular formula is C16H22N4. The van der Waals surface area contributed by atoms with E-state index in [2.05, 4.69) is 34.3 Å². The molecule has 3 rings (SSSR count). The van der Waals surface area contributed by atoms with Gasteiger partial charge in [0.2, 0.25) is 0 Å². The summed E-state index contributed by atoms with van der Waals surface area (Å²) in [6.07, 6.45) is 6.29. The third kappa shape index (κ3) is 2.56. The molecule has 4 heteroatoms. The minimum atomic E-state index is 0.546. The SMILES string of the molecule is CC(CNc1ccc2cnccc2c1N)N1CCCC1. The summed E-state index contributed by atoms with van der Waals surface area (Å²) in [4.78, 5) is 6.66. The molecule has 0 saturated carbocycles. The zero-order chi connectivity index (χ0) is 13.9. The van der Waals surface area contributed by atoms with Gasteiger partial charge in [0.25, 0.3) is 0 Å². The third-order valence-electron chi connectivity index (χ3n) is 4.21. The quantitative estimate of drug-likeness (QED) is 0.839. The molecule has 20 heavy (non-hydrogen) atoms. The average molecular weight is 270 g/mol. The van der Waals surface area contributed by atoms with E-state index in [0.717, 1.165) is 28.7 Å². The molecule has 1 fully saturated rings. The van der Waals surface area contributed by atoms with E-state index in [4.69, 9.17) is 5.73 Å². The molecule has 0 spiro atoms. The van der Waals surface area contributed by atoms with E-state index < -0.39 is 0 Å². The molecule has 106 valence electrons. The average Bonchev–Trinajstić information content (AvgIpc) is 3.01. The van der Waals surface area contributed by atoms with Crippen LogP contribution in [0.3, 0.4) is 0 Å². The molecule has 1 aliphatic rings. The number of likely N-dealkylation sites (tertiary alicyclic amines) is 1. The largest absolute Gasteiger partial charge is 0.397 e. The Morgan fingerprint density at radius 3 is 2.90 bits per heavy atom. The van der Waals surface area contributed by atoms with Crippen LogP contribution in [0.15, 0.2) is 30.6 Å². The van der Waals surface area contributed by atoms with Gasteiger partial charge in [0.15, 0.2) is 0 Å². The standard InChI is InChI=1S/C16H22N4/c1-12(20-8-2-3-9-20)10-19-15-5-4-13-11-18-7-6-14(13)16(15)17/h4-7,11-12,19H,2-3,8-10,17H2,1H3. The number of fused-ring (bicyclic) bond motifs is 1. The number of benzene rings is 1. The molecule has 1 unspecified atom stereocenters. The fourth-order valence-electron chi connectivity index (χ4n) is 2.92.